The van der Waals surface area contributed by atoms with Gasteiger partial charge in [-0.15, -0.1) is 0 Å². The number of aliphatic carboxylic acids is 1. The Hall–Kier alpha value is -1.36. The van der Waals surface area contributed by atoms with Crippen molar-refractivity contribution in [2.75, 3.05) is 13.1 Å². The number of likely N-dealkylation sites (N-methyl/N-ethyl adjacent to an activating group) is 1. The van der Waals surface area contributed by atoms with Gasteiger partial charge in [0.1, 0.15) is 5.54 Å². The first kappa shape index (κ1) is 14.1. The van der Waals surface area contributed by atoms with E-state index >= 15 is 0 Å². The smallest absolute Gasteiger partial charge is 0.323 e. The third-order valence-electron chi connectivity index (χ3n) is 4.18. The Balaban J connectivity index is 1.91. The molecule has 0 atom stereocenters. The van der Waals surface area contributed by atoms with Crippen molar-refractivity contribution in [3.05, 3.63) is 11.8 Å². The van der Waals surface area contributed by atoms with E-state index in [1.165, 1.54) is 0 Å². The van der Waals surface area contributed by atoms with E-state index in [4.69, 9.17) is 0 Å². The van der Waals surface area contributed by atoms with Crippen molar-refractivity contribution < 1.29 is 14.7 Å². The molecule has 2 rings (SSSR count). The summed E-state index contributed by atoms with van der Waals surface area (Å²) in [5.41, 5.74) is 0.228. The van der Waals surface area contributed by atoms with Crippen LogP contribution in [0.4, 0.5) is 0 Å². The summed E-state index contributed by atoms with van der Waals surface area (Å²) in [6, 6.07) is 0. The van der Waals surface area contributed by atoms with Crippen LogP contribution in [0.5, 0.6) is 0 Å². The number of hydrogen-bond acceptors (Lipinski definition) is 3. The minimum atomic E-state index is -0.862. The molecule has 0 aromatic rings. The maximum absolute atomic E-state index is 12.2. The normalized spacial score (nSPS) is 20.6. The summed E-state index contributed by atoms with van der Waals surface area (Å²) in [5, 5.41) is 12.2. The second kappa shape index (κ2) is 5.74. The molecule has 2 aliphatic rings. The van der Waals surface area contributed by atoms with Crippen LogP contribution in [0.3, 0.4) is 0 Å². The summed E-state index contributed by atoms with van der Waals surface area (Å²) < 4.78 is 0. The third-order valence-corrected chi connectivity index (χ3v) is 4.18. The Morgan fingerprint density at radius 2 is 2.16 bits per heavy atom. The van der Waals surface area contributed by atoms with Crippen LogP contribution < -0.4 is 5.32 Å². The molecular weight excluding hydrogens is 244 g/mol. The number of allylic oxidation sites excluding steroid dienone is 2. The predicted molar refractivity (Wildman–Crippen MR) is 71.5 cm³/mol. The van der Waals surface area contributed by atoms with E-state index in [0.717, 1.165) is 31.4 Å². The molecule has 5 nitrogen and oxygen atoms in total. The molecule has 1 amide bonds. The van der Waals surface area contributed by atoms with Gasteiger partial charge < -0.3 is 10.0 Å². The van der Waals surface area contributed by atoms with Crippen molar-refractivity contribution in [1.82, 2.24) is 10.2 Å². The number of hydrogen-bond donors (Lipinski definition) is 2. The maximum atomic E-state index is 12.2. The highest BCUT2D eigenvalue weighted by molar-refractivity contribution is 5.83. The van der Waals surface area contributed by atoms with Crippen LogP contribution >= 0.6 is 0 Å². The molecule has 0 heterocycles. The summed E-state index contributed by atoms with van der Waals surface area (Å²) in [6.07, 6.45) is 7.34. The zero-order chi connectivity index (χ0) is 13.9. The van der Waals surface area contributed by atoms with Gasteiger partial charge in [0, 0.05) is 12.2 Å². The Labute approximate surface area is 113 Å². The number of nitrogens with zero attached hydrogens (tertiary/aromatic N) is 1. The van der Waals surface area contributed by atoms with Crippen molar-refractivity contribution >= 4 is 11.9 Å². The lowest BCUT2D eigenvalue weighted by atomic mass is 9.77. The fourth-order valence-corrected chi connectivity index (χ4v) is 2.78. The molecule has 19 heavy (non-hydrogen) atoms. The average Bonchev–Trinajstić information content (AvgIpc) is 2.81. The summed E-state index contributed by atoms with van der Waals surface area (Å²) >= 11 is 0. The standard InChI is InChI=1S/C14H22N2O3/c1-2-16(11-6-3-4-7-11)12(17)10-15-14(13(18)19)8-5-9-14/h6,15H,2-5,7-10H2,1H3,(H,18,19). The molecule has 0 radical (unpaired) electrons. The van der Waals surface area contributed by atoms with Crippen LogP contribution in [0.2, 0.25) is 0 Å². The lowest BCUT2D eigenvalue weighted by Crippen LogP contribution is -2.59. The number of carbonyl (C=O) groups is 2. The zero-order valence-electron chi connectivity index (χ0n) is 11.4. The Kier molecular flexibility index (Phi) is 4.24. The number of amides is 1. The molecule has 0 spiro atoms. The van der Waals surface area contributed by atoms with Crippen LogP contribution in [-0.4, -0.2) is 40.5 Å². The molecule has 0 saturated heterocycles. The van der Waals surface area contributed by atoms with Gasteiger partial charge in [0.25, 0.3) is 0 Å². The van der Waals surface area contributed by atoms with E-state index in [-0.39, 0.29) is 12.5 Å². The molecule has 0 aliphatic heterocycles. The Morgan fingerprint density at radius 3 is 2.58 bits per heavy atom. The monoisotopic (exact) mass is 266 g/mol. The van der Waals surface area contributed by atoms with Gasteiger partial charge in [-0.1, -0.05) is 6.08 Å². The van der Waals surface area contributed by atoms with Gasteiger partial charge in [0.2, 0.25) is 5.91 Å². The molecule has 2 aliphatic carbocycles. The number of nitrogens with one attached hydrogen (secondary N) is 1. The summed E-state index contributed by atoms with van der Waals surface area (Å²) in [4.78, 5) is 25.2. The van der Waals surface area contributed by atoms with E-state index < -0.39 is 11.5 Å². The van der Waals surface area contributed by atoms with Gasteiger partial charge in [-0.25, -0.2) is 0 Å². The van der Waals surface area contributed by atoms with Crippen LogP contribution in [0.25, 0.3) is 0 Å². The molecule has 1 fully saturated rings. The van der Waals surface area contributed by atoms with Gasteiger partial charge in [-0.05, 0) is 45.4 Å². The van der Waals surface area contributed by atoms with Crippen molar-refractivity contribution in [1.29, 1.82) is 0 Å². The molecule has 1 saturated carbocycles. The van der Waals surface area contributed by atoms with Crippen molar-refractivity contribution in [2.24, 2.45) is 0 Å². The highest BCUT2D eigenvalue weighted by atomic mass is 16.4. The van der Waals surface area contributed by atoms with Gasteiger partial charge in [0.15, 0.2) is 0 Å². The Bertz CT molecular complexity index is 399. The molecule has 0 aromatic heterocycles. The van der Waals surface area contributed by atoms with Crippen molar-refractivity contribution in [3.63, 3.8) is 0 Å². The highest BCUT2D eigenvalue weighted by Crippen LogP contribution is 2.32. The average molecular weight is 266 g/mol. The van der Waals surface area contributed by atoms with Gasteiger partial charge in [0.05, 0.1) is 6.54 Å². The maximum Gasteiger partial charge on any atom is 0.323 e. The lowest BCUT2D eigenvalue weighted by Gasteiger charge is -2.38. The second-order valence-electron chi connectivity index (χ2n) is 5.32. The topological polar surface area (TPSA) is 69.6 Å². The summed E-state index contributed by atoms with van der Waals surface area (Å²) in [5.74, 6) is -0.863. The van der Waals surface area contributed by atoms with Gasteiger partial charge >= 0.3 is 5.97 Å². The van der Waals surface area contributed by atoms with Crippen LogP contribution in [0.1, 0.15) is 45.4 Å². The fourth-order valence-electron chi connectivity index (χ4n) is 2.78. The Morgan fingerprint density at radius 1 is 1.42 bits per heavy atom. The molecule has 5 heteroatoms. The zero-order valence-corrected chi connectivity index (χ0v) is 11.4. The third kappa shape index (κ3) is 2.81. The quantitative estimate of drug-likeness (QED) is 0.764. The van der Waals surface area contributed by atoms with E-state index in [0.29, 0.717) is 19.4 Å². The van der Waals surface area contributed by atoms with E-state index in [1.54, 1.807) is 4.90 Å². The SMILES string of the molecule is CCN(C(=O)CNC1(C(=O)O)CCC1)C1=CCCC1. The second-order valence-corrected chi connectivity index (χ2v) is 5.32. The predicted octanol–water partition coefficient (Wildman–Crippen LogP) is 1.50. The van der Waals surface area contributed by atoms with Gasteiger partial charge in [-0.3, -0.25) is 14.9 Å². The van der Waals surface area contributed by atoms with E-state index in [9.17, 15) is 14.7 Å². The number of carbonyl (C=O) groups excluding carboxylic acids is 1. The van der Waals surface area contributed by atoms with Crippen LogP contribution in [-0.2, 0) is 9.59 Å². The molecular formula is C14H22N2O3. The molecule has 0 unspecified atom stereocenters. The van der Waals surface area contributed by atoms with E-state index in [1.807, 2.05) is 6.92 Å². The summed E-state index contributed by atoms with van der Waals surface area (Å²) in [7, 11) is 0. The van der Waals surface area contributed by atoms with E-state index in [2.05, 4.69) is 11.4 Å². The molecule has 106 valence electrons. The minimum absolute atomic E-state index is 0.0248. The largest absolute Gasteiger partial charge is 0.480 e. The first-order valence-electron chi connectivity index (χ1n) is 7.07. The van der Waals surface area contributed by atoms with Crippen LogP contribution in [0, 0.1) is 0 Å². The highest BCUT2D eigenvalue weighted by Gasteiger charge is 2.44. The van der Waals surface area contributed by atoms with Crippen LogP contribution in [0.15, 0.2) is 11.8 Å². The molecule has 2 N–H and O–H groups in total. The molecule has 0 bridgehead atoms. The first-order valence-corrected chi connectivity index (χ1v) is 7.07. The van der Waals surface area contributed by atoms with Crippen molar-refractivity contribution in [3.8, 4) is 0 Å². The minimum Gasteiger partial charge on any atom is -0.480 e. The van der Waals surface area contributed by atoms with Gasteiger partial charge in [-0.2, -0.15) is 0 Å². The van der Waals surface area contributed by atoms with Crippen molar-refractivity contribution in [2.45, 2.75) is 51.0 Å². The lowest BCUT2D eigenvalue weighted by molar-refractivity contribution is -0.149. The number of carboxylic acids is 1. The summed E-state index contributed by atoms with van der Waals surface area (Å²) in [6.45, 7) is 2.71. The number of rotatable bonds is 6. The first-order chi connectivity index (χ1) is 9.09. The number of carboxylic acid groups (broad SMARTS) is 1. The molecule has 0 aromatic carbocycles. The fraction of sp³-hybridized carbons (Fsp3) is 0.714.